The molecule has 3 fully saturated rings. The summed E-state index contributed by atoms with van der Waals surface area (Å²) >= 11 is 0. The van der Waals surface area contributed by atoms with Crippen molar-refractivity contribution >= 4 is 11.8 Å². The Kier molecular flexibility index (Phi) is 3.29. The second kappa shape index (κ2) is 5.43. The van der Waals surface area contributed by atoms with Gasteiger partial charge in [0.2, 0.25) is 11.8 Å². The first-order valence-electron chi connectivity index (χ1n) is 9.17. The Morgan fingerprint density at radius 3 is 2.84 bits per heavy atom. The first-order chi connectivity index (χ1) is 12.2. The number of likely N-dealkylation sites (tertiary alicyclic amines) is 1. The summed E-state index contributed by atoms with van der Waals surface area (Å²) in [5.41, 5.74) is 0.623. The van der Waals surface area contributed by atoms with E-state index >= 15 is 0 Å². The third kappa shape index (κ3) is 2.41. The smallest absolute Gasteiger partial charge is 0.230 e. The lowest BCUT2D eigenvalue weighted by molar-refractivity contribution is -0.137. The molecule has 4 aliphatic rings. The Morgan fingerprint density at radius 1 is 1.28 bits per heavy atom. The maximum Gasteiger partial charge on any atom is 0.230 e. The lowest BCUT2D eigenvalue weighted by Gasteiger charge is -2.23. The van der Waals surface area contributed by atoms with Crippen LogP contribution in [0.4, 0.5) is 0 Å². The Labute approximate surface area is 147 Å². The molecule has 25 heavy (non-hydrogen) atoms. The van der Waals surface area contributed by atoms with Crippen molar-refractivity contribution in [3.63, 3.8) is 0 Å². The van der Waals surface area contributed by atoms with Gasteiger partial charge in [0.05, 0.1) is 24.5 Å². The Hall–Kier alpha value is -2.14. The molecule has 3 unspecified atom stereocenters. The van der Waals surface area contributed by atoms with Gasteiger partial charge in [0.1, 0.15) is 5.60 Å². The second-order valence-corrected chi connectivity index (χ2v) is 7.68. The van der Waals surface area contributed by atoms with E-state index in [9.17, 15) is 9.59 Å². The number of carbonyl (C=O) groups excluding carboxylic acids is 2. The highest BCUT2D eigenvalue weighted by molar-refractivity contribution is 5.93. The molecule has 1 aromatic carbocycles. The van der Waals surface area contributed by atoms with Crippen LogP contribution in [-0.2, 0) is 20.7 Å². The Balaban J connectivity index is 1.33. The molecule has 1 N–H and O–H groups in total. The summed E-state index contributed by atoms with van der Waals surface area (Å²) in [7, 11) is 0. The maximum atomic E-state index is 13.0. The molecular formula is C20H22N2O3. The van der Waals surface area contributed by atoms with Gasteiger partial charge in [-0.2, -0.15) is 0 Å². The average Bonchev–Trinajstić information content (AvgIpc) is 3.16. The zero-order valence-electron chi connectivity index (χ0n) is 14.1. The second-order valence-electron chi connectivity index (χ2n) is 7.68. The SMILES string of the molecule is O=C(NC1CC1)C1C2C=C[C@]3(CN(CCc4ccccc4)C(=O)C13)O2. The van der Waals surface area contributed by atoms with Crippen molar-refractivity contribution in [1.82, 2.24) is 10.2 Å². The van der Waals surface area contributed by atoms with Crippen LogP contribution < -0.4 is 5.32 Å². The van der Waals surface area contributed by atoms with Gasteiger partial charge in [0.15, 0.2) is 0 Å². The summed E-state index contributed by atoms with van der Waals surface area (Å²) in [5.74, 6) is -0.683. The van der Waals surface area contributed by atoms with E-state index in [1.807, 2.05) is 35.3 Å². The number of carbonyl (C=O) groups is 2. The molecule has 5 heteroatoms. The number of nitrogens with one attached hydrogen (secondary N) is 1. The Morgan fingerprint density at radius 2 is 2.08 bits per heavy atom. The summed E-state index contributed by atoms with van der Waals surface area (Å²) in [5, 5.41) is 3.06. The molecule has 1 saturated carbocycles. The molecule has 3 heterocycles. The number of hydrogen-bond donors (Lipinski definition) is 1. The van der Waals surface area contributed by atoms with E-state index in [4.69, 9.17) is 4.74 Å². The van der Waals surface area contributed by atoms with Crippen LogP contribution in [0.2, 0.25) is 0 Å². The minimum atomic E-state index is -0.593. The molecule has 0 aromatic heterocycles. The highest BCUT2D eigenvalue weighted by Crippen LogP contribution is 2.52. The van der Waals surface area contributed by atoms with Crippen LogP contribution in [-0.4, -0.2) is 47.6 Å². The van der Waals surface area contributed by atoms with Crippen LogP contribution in [0.5, 0.6) is 0 Å². The summed E-state index contributed by atoms with van der Waals surface area (Å²) in [6.07, 6.45) is 6.66. The molecular weight excluding hydrogens is 316 g/mol. The van der Waals surface area contributed by atoms with Gasteiger partial charge < -0.3 is 15.0 Å². The van der Waals surface area contributed by atoms with Crippen LogP contribution in [0, 0.1) is 11.8 Å². The van der Waals surface area contributed by atoms with E-state index in [-0.39, 0.29) is 29.8 Å². The quantitative estimate of drug-likeness (QED) is 0.823. The first-order valence-corrected chi connectivity index (χ1v) is 9.17. The normalized spacial score (nSPS) is 35.3. The van der Waals surface area contributed by atoms with Crippen LogP contribution in [0.25, 0.3) is 0 Å². The molecule has 2 amide bonds. The lowest BCUT2D eigenvalue weighted by atomic mass is 9.77. The van der Waals surface area contributed by atoms with Gasteiger partial charge in [-0.15, -0.1) is 0 Å². The first kappa shape index (κ1) is 15.1. The van der Waals surface area contributed by atoms with Crippen molar-refractivity contribution in [3.8, 4) is 0 Å². The van der Waals surface area contributed by atoms with Crippen molar-refractivity contribution < 1.29 is 14.3 Å². The van der Waals surface area contributed by atoms with Gasteiger partial charge in [-0.05, 0) is 24.8 Å². The molecule has 1 spiro atoms. The van der Waals surface area contributed by atoms with Crippen LogP contribution in [0.1, 0.15) is 18.4 Å². The van der Waals surface area contributed by atoms with E-state index in [0.29, 0.717) is 19.1 Å². The minimum absolute atomic E-state index is 0.0121. The predicted molar refractivity (Wildman–Crippen MR) is 91.6 cm³/mol. The van der Waals surface area contributed by atoms with E-state index in [0.717, 1.165) is 19.3 Å². The van der Waals surface area contributed by atoms with E-state index in [1.54, 1.807) is 0 Å². The number of ether oxygens (including phenoxy) is 1. The fraction of sp³-hybridized carbons (Fsp3) is 0.500. The fourth-order valence-corrected chi connectivity index (χ4v) is 4.50. The number of nitrogens with zero attached hydrogens (tertiary/aromatic N) is 1. The zero-order valence-corrected chi connectivity index (χ0v) is 14.1. The maximum absolute atomic E-state index is 13.0. The summed E-state index contributed by atoms with van der Waals surface area (Å²) < 4.78 is 6.14. The third-order valence-electron chi connectivity index (χ3n) is 5.92. The summed E-state index contributed by atoms with van der Waals surface area (Å²) in [6.45, 7) is 1.23. The molecule has 1 aliphatic carbocycles. The van der Waals surface area contributed by atoms with Gasteiger partial charge >= 0.3 is 0 Å². The standard InChI is InChI=1S/C20H22N2O3/c23-18(21-14-6-7-14)16-15-8-10-20(25-15)12-22(19(24)17(16)20)11-9-13-4-2-1-3-5-13/h1-5,8,10,14-17H,6-7,9,11-12H2,(H,21,23)/t15?,16?,17?,20-/m1/s1. The number of amides is 2. The highest BCUT2D eigenvalue weighted by atomic mass is 16.5. The minimum Gasteiger partial charge on any atom is -0.360 e. The third-order valence-corrected chi connectivity index (χ3v) is 5.92. The molecule has 5 nitrogen and oxygen atoms in total. The molecule has 2 saturated heterocycles. The number of hydrogen-bond acceptors (Lipinski definition) is 3. The van der Waals surface area contributed by atoms with Crippen molar-refractivity contribution in [2.24, 2.45) is 11.8 Å². The number of benzene rings is 1. The van der Waals surface area contributed by atoms with Crippen molar-refractivity contribution in [3.05, 3.63) is 48.0 Å². The lowest BCUT2D eigenvalue weighted by Crippen LogP contribution is -2.44. The molecule has 0 radical (unpaired) electrons. The molecule has 4 atom stereocenters. The predicted octanol–water partition coefficient (Wildman–Crippen LogP) is 1.29. The van der Waals surface area contributed by atoms with E-state index < -0.39 is 5.60 Å². The topological polar surface area (TPSA) is 58.6 Å². The van der Waals surface area contributed by atoms with Crippen LogP contribution in [0.3, 0.4) is 0 Å². The molecule has 3 aliphatic heterocycles. The monoisotopic (exact) mass is 338 g/mol. The van der Waals surface area contributed by atoms with Gasteiger partial charge in [-0.25, -0.2) is 0 Å². The number of rotatable bonds is 5. The summed E-state index contributed by atoms with van der Waals surface area (Å²) in [6, 6.07) is 10.5. The zero-order chi connectivity index (χ0) is 17.0. The van der Waals surface area contributed by atoms with E-state index in [2.05, 4.69) is 17.4 Å². The largest absolute Gasteiger partial charge is 0.360 e. The van der Waals surface area contributed by atoms with Crippen molar-refractivity contribution in [2.75, 3.05) is 13.1 Å². The molecule has 130 valence electrons. The number of fused-ring (bicyclic) bond motifs is 1. The average molecular weight is 338 g/mol. The fourth-order valence-electron chi connectivity index (χ4n) is 4.50. The van der Waals surface area contributed by atoms with E-state index in [1.165, 1.54) is 5.56 Å². The highest BCUT2D eigenvalue weighted by Gasteiger charge is 2.66. The Bertz CT molecular complexity index is 743. The van der Waals surface area contributed by atoms with Crippen LogP contribution >= 0.6 is 0 Å². The van der Waals surface area contributed by atoms with Crippen molar-refractivity contribution in [2.45, 2.75) is 37.0 Å². The van der Waals surface area contributed by atoms with Gasteiger partial charge in [0, 0.05) is 12.6 Å². The van der Waals surface area contributed by atoms with Gasteiger partial charge in [-0.1, -0.05) is 42.5 Å². The molecule has 1 aromatic rings. The summed E-state index contributed by atoms with van der Waals surface area (Å²) in [4.78, 5) is 27.6. The molecule has 2 bridgehead atoms. The van der Waals surface area contributed by atoms with Gasteiger partial charge in [0.25, 0.3) is 0 Å². The van der Waals surface area contributed by atoms with Crippen molar-refractivity contribution in [1.29, 1.82) is 0 Å². The molecule has 5 rings (SSSR count). The van der Waals surface area contributed by atoms with Gasteiger partial charge in [-0.3, -0.25) is 9.59 Å². The van der Waals surface area contributed by atoms with Crippen LogP contribution in [0.15, 0.2) is 42.5 Å².